The molecule has 1 N–H and O–H groups in total. The van der Waals surface area contributed by atoms with Crippen molar-refractivity contribution in [3.05, 3.63) is 46.5 Å². The van der Waals surface area contributed by atoms with Crippen molar-refractivity contribution in [2.75, 3.05) is 61.7 Å². The van der Waals surface area contributed by atoms with Crippen LogP contribution in [0, 0.1) is 11.8 Å². The first-order valence-electron chi connectivity index (χ1n) is 14.0. The van der Waals surface area contributed by atoms with Gasteiger partial charge in [0, 0.05) is 31.7 Å². The first-order valence-corrected chi connectivity index (χ1v) is 14.0. The van der Waals surface area contributed by atoms with Crippen molar-refractivity contribution >= 4 is 0 Å². The average molecular weight is 525 g/mol. The van der Waals surface area contributed by atoms with Gasteiger partial charge >= 0.3 is 0 Å². The van der Waals surface area contributed by atoms with Crippen LogP contribution >= 0.6 is 0 Å². The summed E-state index contributed by atoms with van der Waals surface area (Å²) in [5.74, 6) is 3.70. The summed E-state index contributed by atoms with van der Waals surface area (Å²) >= 11 is 0. The number of hydrogen-bond donors (Lipinski definition) is 1. The third-order valence-electron chi connectivity index (χ3n) is 9.62. The van der Waals surface area contributed by atoms with Crippen LogP contribution < -0.4 is 18.9 Å². The molecule has 0 bridgehead atoms. The topological polar surface area (TPSA) is 63.6 Å². The standard InChI is InChI=1S/C31H44N2O5/c1-7-33-13-10-22-16-27(36-4)29(38-6)18-24(22)31(33)11-8-20(19-34)14-25(31)30-23-17-28(37-5)26(35-3)15-21(23)9-12-32(30)2/h15-18,20,25,30,34H,7-14,19H2,1-6H3/t20-,25+,30?,31+/m1/s1. The molecule has 1 fully saturated rings. The monoisotopic (exact) mass is 524 g/mol. The molecule has 208 valence electrons. The van der Waals surface area contributed by atoms with Crippen LogP contribution in [0.25, 0.3) is 0 Å². The van der Waals surface area contributed by atoms with E-state index in [1.165, 1.54) is 22.3 Å². The smallest absolute Gasteiger partial charge is 0.161 e. The van der Waals surface area contributed by atoms with Gasteiger partial charge in [0.2, 0.25) is 0 Å². The Hall–Kier alpha value is -2.48. The van der Waals surface area contributed by atoms with Crippen molar-refractivity contribution in [1.29, 1.82) is 0 Å². The van der Waals surface area contributed by atoms with Crippen molar-refractivity contribution in [3.63, 3.8) is 0 Å². The second-order valence-corrected chi connectivity index (χ2v) is 11.1. The van der Waals surface area contributed by atoms with Crippen LogP contribution in [0.3, 0.4) is 0 Å². The van der Waals surface area contributed by atoms with Crippen LogP contribution in [0.5, 0.6) is 23.0 Å². The molecule has 7 heteroatoms. The molecular formula is C31H44N2O5. The molecule has 1 unspecified atom stereocenters. The Bertz CT molecular complexity index is 1150. The van der Waals surface area contributed by atoms with Crippen LogP contribution in [-0.2, 0) is 18.4 Å². The Morgan fingerprint density at radius 2 is 1.47 bits per heavy atom. The summed E-state index contributed by atoms with van der Waals surface area (Å²) in [6.07, 6.45) is 4.94. The normalized spacial score (nSPS) is 27.5. The Balaban J connectivity index is 1.74. The third kappa shape index (κ3) is 4.23. The summed E-state index contributed by atoms with van der Waals surface area (Å²) in [4.78, 5) is 5.24. The zero-order valence-corrected chi connectivity index (χ0v) is 23.9. The highest BCUT2D eigenvalue weighted by Crippen LogP contribution is 2.58. The fourth-order valence-corrected chi connectivity index (χ4v) is 7.79. The summed E-state index contributed by atoms with van der Waals surface area (Å²) in [7, 11) is 9.12. The van der Waals surface area contributed by atoms with Crippen LogP contribution in [0.4, 0.5) is 0 Å². The lowest BCUT2D eigenvalue weighted by atomic mass is 9.58. The van der Waals surface area contributed by atoms with Crippen LogP contribution in [0.15, 0.2) is 24.3 Å². The first kappa shape index (κ1) is 27.1. The number of aliphatic hydroxyl groups excluding tert-OH is 1. The van der Waals surface area contributed by atoms with Gasteiger partial charge in [0.1, 0.15) is 0 Å². The van der Waals surface area contributed by atoms with Crippen molar-refractivity contribution < 1.29 is 24.1 Å². The molecule has 0 saturated heterocycles. The fraction of sp³-hybridized carbons (Fsp3) is 0.613. The second kappa shape index (κ2) is 10.9. The predicted octanol–water partition coefficient (Wildman–Crippen LogP) is 4.43. The van der Waals surface area contributed by atoms with E-state index in [1.54, 1.807) is 28.4 Å². The molecule has 1 aliphatic carbocycles. The molecule has 7 nitrogen and oxygen atoms in total. The number of nitrogens with zero attached hydrogens (tertiary/aromatic N) is 2. The lowest BCUT2D eigenvalue weighted by molar-refractivity contribution is -0.0698. The van der Waals surface area contributed by atoms with Gasteiger partial charge in [-0.1, -0.05) is 6.92 Å². The van der Waals surface area contributed by atoms with E-state index in [0.717, 1.165) is 74.7 Å². The number of fused-ring (bicyclic) bond motifs is 3. The summed E-state index contributed by atoms with van der Waals surface area (Å²) in [5.41, 5.74) is 5.20. The number of hydrogen-bond acceptors (Lipinski definition) is 7. The number of likely N-dealkylation sites (N-methyl/N-ethyl adjacent to an activating group) is 2. The average Bonchev–Trinajstić information content (AvgIpc) is 2.96. The minimum Gasteiger partial charge on any atom is -0.493 e. The number of methoxy groups -OCH3 is 4. The number of ether oxygens (including phenoxy) is 4. The van der Waals surface area contributed by atoms with E-state index in [-0.39, 0.29) is 30.0 Å². The van der Waals surface area contributed by atoms with Gasteiger partial charge in [0.15, 0.2) is 23.0 Å². The molecule has 3 aliphatic rings. The fourth-order valence-electron chi connectivity index (χ4n) is 7.79. The Morgan fingerprint density at radius 1 is 0.868 bits per heavy atom. The van der Waals surface area contributed by atoms with Crippen molar-refractivity contribution in [1.82, 2.24) is 9.80 Å². The van der Waals surface area contributed by atoms with Gasteiger partial charge in [0.25, 0.3) is 0 Å². The highest BCUT2D eigenvalue weighted by Gasteiger charge is 2.55. The van der Waals surface area contributed by atoms with Crippen molar-refractivity contribution in [2.45, 2.75) is 50.6 Å². The second-order valence-electron chi connectivity index (χ2n) is 11.1. The Morgan fingerprint density at radius 3 is 2.11 bits per heavy atom. The maximum absolute atomic E-state index is 10.4. The molecule has 0 aromatic heterocycles. The summed E-state index contributed by atoms with van der Waals surface area (Å²) in [6, 6.07) is 9.01. The number of rotatable bonds is 7. The minimum absolute atomic E-state index is 0.172. The van der Waals surface area contributed by atoms with Crippen LogP contribution in [0.1, 0.15) is 54.5 Å². The van der Waals surface area contributed by atoms with Gasteiger partial charge in [-0.05, 0) is 98.1 Å². The summed E-state index contributed by atoms with van der Waals surface area (Å²) < 4.78 is 23.0. The maximum Gasteiger partial charge on any atom is 0.161 e. The van der Waals surface area contributed by atoms with E-state index in [4.69, 9.17) is 18.9 Å². The summed E-state index contributed by atoms with van der Waals surface area (Å²) in [6.45, 7) is 5.48. The zero-order chi connectivity index (χ0) is 27.0. The van der Waals surface area contributed by atoms with Crippen molar-refractivity contribution in [3.8, 4) is 23.0 Å². The molecule has 1 spiro atoms. The molecule has 2 heterocycles. The maximum atomic E-state index is 10.4. The number of benzene rings is 2. The SMILES string of the molecule is CCN1CCc2cc(OC)c(OC)cc2[C@]12CC[C@@H](CO)C[C@H]2C1c2cc(OC)c(OC)cc2CCN1C. The van der Waals surface area contributed by atoms with E-state index >= 15 is 0 Å². The van der Waals surface area contributed by atoms with Gasteiger partial charge < -0.3 is 24.1 Å². The largest absolute Gasteiger partial charge is 0.493 e. The van der Waals surface area contributed by atoms with E-state index < -0.39 is 0 Å². The lowest BCUT2D eigenvalue weighted by Gasteiger charge is -2.59. The van der Waals surface area contributed by atoms with Crippen LogP contribution in [-0.4, -0.2) is 76.6 Å². The van der Waals surface area contributed by atoms with Gasteiger partial charge in [-0.15, -0.1) is 0 Å². The van der Waals surface area contributed by atoms with Crippen molar-refractivity contribution in [2.24, 2.45) is 11.8 Å². The van der Waals surface area contributed by atoms with Crippen LogP contribution in [0.2, 0.25) is 0 Å². The summed E-state index contributed by atoms with van der Waals surface area (Å²) in [5, 5.41) is 10.4. The molecule has 5 rings (SSSR count). The van der Waals surface area contributed by atoms with E-state index in [1.807, 2.05) is 0 Å². The number of aliphatic hydroxyl groups is 1. The van der Waals surface area contributed by atoms with Gasteiger partial charge in [0.05, 0.1) is 34.0 Å². The predicted molar refractivity (Wildman–Crippen MR) is 149 cm³/mol. The Kier molecular flexibility index (Phi) is 7.81. The molecule has 2 aliphatic heterocycles. The Labute approximate surface area is 227 Å². The molecule has 2 aromatic rings. The first-order chi connectivity index (χ1) is 18.4. The molecule has 4 atom stereocenters. The molecule has 0 amide bonds. The quantitative estimate of drug-likeness (QED) is 0.575. The molecule has 2 aromatic carbocycles. The van der Waals surface area contributed by atoms with Gasteiger partial charge in [-0.2, -0.15) is 0 Å². The van der Waals surface area contributed by atoms with E-state index in [2.05, 4.69) is 48.0 Å². The molecular weight excluding hydrogens is 480 g/mol. The van der Waals surface area contributed by atoms with Gasteiger partial charge in [-0.3, -0.25) is 9.80 Å². The molecule has 0 radical (unpaired) electrons. The highest BCUT2D eigenvalue weighted by molar-refractivity contribution is 5.53. The third-order valence-corrected chi connectivity index (χ3v) is 9.62. The molecule has 1 saturated carbocycles. The molecule has 38 heavy (non-hydrogen) atoms. The van der Waals surface area contributed by atoms with E-state index in [9.17, 15) is 5.11 Å². The minimum atomic E-state index is -0.172. The highest BCUT2D eigenvalue weighted by atomic mass is 16.5. The van der Waals surface area contributed by atoms with Gasteiger partial charge in [-0.25, -0.2) is 0 Å². The zero-order valence-electron chi connectivity index (χ0n) is 23.9. The van der Waals surface area contributed by atoms with E-state index in [0.29, 0.717) is 0 Å². The lowest BCUT2D eigenvalue weighted by Crippen LogP contribution is -2.60.